The van der Waals surface area contributed by atoms with Gasteiger partial charge in [-0.05, 0) is 47.4 Å². The number of nitrogens with one attached hydrogen (secondary N) is 1. The fraction of sp³-hybridized carbons (Fsp3) is 0.294. The van der Waals surface area contributed by atoms with Gasteiger partial charge in [0.1, 0.15) is 5.82 Å². The van der Waals surface area contributed by atoms with Gasteiger partial charge in [-0.15, -0.1) is 0 Å². The molecule has 106 valence electrons. The van der Waals surface area contributed by atoms with E-state index in [1.807, 2.05) is 31.2 Å². The van der Waals surface area contributed by atoms with Crippen LogP contribution >= 0.6 is 11.6 Å². The van der Waals surface area contributed by atoms with Crippen molar-refractivity contribution in [2.24, 2.45) is 0 Å². The zero-order valence-electron chi connectivity index (χ0n) is 12.0. The molecule has 0 aromatic heterocycles. The fourth-order valence-corrected chi connectivity index (χ4v) is 2.33. The lowest BCUT2D eigenvalue weighted by atomic mass is 10.0. The van der Waals surface area contributed by atoms with Crippen molar-refractivity contribution < 1.29 is 4.39 Å². The molecular formula is C17H19ClFN. The highest BCUT2D eigenvalue weighted by Gasteiger charge is 2.06. The fourth-order valence-electron chi connectivity index (χ4n) is 2.09. The molecule has 0 spiro atoms. The quantitative estimate of drug-likeness (QED) is 0.840. The Morgan fingerprint density at radius 1 is 1.10 bits per heavy atom. The van der Waals surface area contributed by atoms with Crippen LogP contribution in [0.25, 0.3) is 11.1 Å². The zero-order valence-corrected chi connectivity index (χ0v) is 12.8. The monoisotopic (exact) mass is 291 g/mol. The zero-order chi connectivity index (χ0) is 14.7. The molecule has 2 rings (SSSR count). The van der Waals surface area contributed by atoms with E-state index in [9.17, 15) is 4.39 Å². The van der Waals surface area contributed by atoms with Crippen LogP contribution in [0.3, 0.4) is 0 Å². The van der Waals surface area contributed by atoms with E-state index < -0.39 is 0 Å². The number of hydrogen-bond acceptors (Lipinski definition) is 1. The second-order valence-corrected chi connectivity index (χ2v) is 5.77. The van der Waals surface area contributed by atoms with Crippen LogP contribution in [0.2, 0.25) is 5.02 Å². The molecule has 1 nitrogen and oxygen atoms in total. The highest BCUT2D eigenvalue weighted by molar-refractivity contribution is 6.31. The maximum atomic E-state index is 13.5. The normalized spacial score (nSPS) is 11.1. The van der Waals surface area contributed by atoms with E-state index in [0.717, 1.165) is 28.8 Å². The number of rotatable bonds is 4. The van der Waals surface area contributed by atoms with Gasteiger partial charge in [0.25, 0.3) is 0 Å². The molecule has 2 aromatic carbocycles. The Hall–Kier alpha value is -1.38. The van der Waals surface area contributed by atoms with Gasteiger partial charge in [-0.3, -0.25) is 0 Å². The van der Waals surface area contributed by atoms with Crippen molar-refractivity contribution in [1.29, 1.82) is 0 Å². The van der Waals surface area contributed by atoms with Crippen LogP contribution in [-0.4, -0.2) is 6.04 Å². The Labute approximate surface area is 124 Å². The first-order valence-corrected chi connectivity index (χ1v) is 7.13. The third kappa shape index (κ3) is 3.81. The number of hydrogen-bond donors (Lipinski definition) is 1. The minimum atomic E-state index is -0.221. The summed E-state index contributed by atoms with van der Waals surface area (Å²) in [5.74, 6) is -0.221. The Bertz CT molecular complexity index is 588. The topological polar surface area (TPSA) is 12.0 Å². The molecule has 0 atom stereocenters. The summed E-state index contributed by atoms with van der Waals surface area (Å²) in [5.41, 5.74) is 3.75. The molecule has 0 saturated heterocycles. The van der Waals surface area contributed by atoms with Crippen LogP contribution in [0, 0.1) is 12.7 Å². The van der Waals surface area contributed by atoms with E-state index in [4.69, 9.17) is 11.6 Å². The first kappa shape index (κ1) is 15.0. The summed E-state index contributed by atoms with van der Waals surface area (Å²) in [6.07, 6.45) is 0. The summed E-state index contributed by atoms with van der Waals surface area (Å²) in [7, 11) is 0. The molecule has 0 aliphatic heterocycles. The first-order valence-electron chi connectivity index (χ1n) is 6.75. The lowest BCUT2D eigenvalue weighted by Gasteiger charge is -2.11. The van der Waals surface area contributed by atoms with Crippen molar-refractivity contribution in [3.8, 4) is 11.1 Å². The van der Waals surface area contributed by atoms with Gasteiger partial charge in [0, 0.05) is 17.6 Å². The standard InChI is InChI=1S/C17H19ClFN/c1-11(2)20-10-14-5-4-13(9-17(14)18)15-6-12(3)7-16(19)8-15/h4-9,11,20H,10H2,1-3H3. The van der Waals surface area contributed by atoms with Crippen LogP contribution in [0.4, 0.5) is 4.39 Å². The lowest BCUT2D eigenvalue weighted by Crippen LogP contribution is -2.21. The van der Waals surface area contributed by atoms with Gasteiger partial charge in [0.15, 0.2) is 0 Å². The van der Waals surface area contributed by atoms with Gasteiger partial charge < -0.3 is 5.32 Å². The minimum Gasteiger partial charge on any atom is -0.310 e. The molecule has 1 N–H and O–H groups in total. The van der Waals surface area contributed by atoms with Crippen molar-refractivity contribution >= 4 is 11.6 Å². The van der Waals surface area contributed by atoms with Crippen LogP contribution < -0.4 is 5.32 Å². The summed E-state index contributed by atoms with van der Waals surface area (Å²) in [6.45, 7) is 6.81. The maximum Gasteiger partial charge on any atom is 0.124 e. The molecule has 0 radical (unpaired) electrons. The smallest absolute Gasteiger partial charge is 0.124 e. The van der Waals surface area contributed by atoms with Crippen molar-refractivity contribution in [3.05, 3.63) is 58.4 Å². The molecule has 0 unspecified atom stereocenters. The highest BCUT2D eigenvalue weighted by Crippen LogP contribution is 2.27. The third-order valence-electron chi connectivity index (χ3n) is 3.13. The Morgan fingerprint density at radius 3 is 2.45 bits per heavy atom. The second-order valence-electron chi connectivity index (χ2n) is 5.36. The largest absolute Gasteiger partial charge is 0.310 e. The van der Waals surface area contributed by atoms with E-state index in [1.54, 1.807) is 0 Å². The number of benzene rings is 2. The molecule has 0 amide bonds. The van der Waals surface area contributed by atoms with E-state index in [2.05, 4.69) is 19.2 Å². The van der Waals surface area contributed by atoms with E-state index in [0.29, 0.717) is 11.1 Å². The summed E-state index contributed by atoms with van der Waals surface area (Å²) in [4.78, 5) is 0. The second kappa shape index (κ2) is 6.38. The third-order valence-corrected chi connectivity index (χ3v) is 3.48. The average molecular weight is 292 g/mol. The molecule has 2 aromatic rings. The predicted octanol–water partition coefficient (Wildman–Crippen LogP) is 4.95. The molecule has 0 bridgehead atoms. The van der Waals surface area contributed by atoms with Crippen LogP contribution in [0.1, 0.15) is 25.0 Å². The summed E-state index contributed by atoms with van der Waals surface area (Å²) >= 11 is 6.31. The number of aryl methyl sites for hydroxylation is 1. The Kier molecular flexibility index (Phi) is 4.79. The van der Waals surface area contributed by atoms with Gasteiger partial charge in [0.05, 0.1) is 0 Å². The lowest BCUT2D eigenvalue weighted by molar-refractivity contribution is 0.589. The van der Waals surface area contributed by atoms with Crippen molar-refractivity contribution in [1.82, 2.24) is 5.32 Å². The van der Waals surface area contributed by atoms with E-state index in [1.165, 1.54) is 12.1 Å². The van der Waals surface area contributed by atoms with Crippen LogP contribution in [-0.2, 0) is 6.54 Å². The molecule has 3 heteroatoms. The molecule has 0 heterocycles. The molecule has 0 aliphatic carbocycles. The summed E-state index contributed by atoms with van der Waals surface area (Å²) < 4.78 is 13.5. The van der Waals surface area contributed by atoms with Gasteiger partial charge in [0.2, 0.25) is 0 Å². The van der Waals surface area contributed by atoms with Crippen LogP contribution in [0.15, 0.2) is 36.4 Å². The minimum absolute atomic E-state index is 0.221. The molecule has 0 fully saturated rings. The average Bonchev–Trinajstić information content (AvgIpc) is 2.35. The van der Waals surface area contributed by atoms with Crippen molar-refractivity contribution in [3.63, 3.8) is 0 Å². The SMILES string of the molecule is Cc1cc(F)cc(-c2ccc(CNC(C)C)c(Cl)c2)c1. The van der Waals surface area contributed by atoms with E-state index >= 15 is 0 Å². The summed E-state index contributed by atoms with van der Waals surface area (Å²) in [5, 5.41) is 4.04. The van der Waals surface area contributed by atoms with Gasteiger partial charge in [-0.2, -0.15) is 0 Å². The first-order chi connectivity index (χ1) is 9.45. The Morgan fingerprint density at radius 2 is 1.85 bits per heavy atom. The number of halogens is 2. The summed E-state index contributed by atoms with van der Waals surface area (Å²) in [6, 6.07) is 11.3. The molecular weight excluding hydrogens is 273 g/mol. The Balaban J connectivity index is 2.28. The molecule has 20 heavy (non-hydrogen) atoms. The van der Waals surface area contributed by atoms with Gasteiger partial charge in [-0.25, -0.2) is 4.39 Å². The molecule has 0 aliphatic rings. The van der Waals surface area contributed by atoms with Gasteiger partial charge in [-0.1, -0.05) is 43.6 Å². The van der Waals surface area contributed by atoms with Crippen molar-refractivity contribution in [2.45, 2.75) is 33.4 Å². The van der Waals surface area contributed by atoms with Crippen LogP contribution in [0.5, 0.6) is 0 Å². The predicted molar refractivity (Wildman–Crippen MR) is 83.6 cm³/mol. The van der Waals surface area contributed by atoms with Crippen molar-refractivity contribution in [2.75, 3.05) is 0 Å². The van der Waals surface area contributed by atoms with E-state index in [-0.39, 0.29) is 5.82 Å². The molecule has 0 saturated carbocycles. The highest BCUT2D eigenvalue weighted by atomic mass is 35.5. The maximum absolute atomic E-state index is 13.5. The van der Waals surface area contributed by atoms with Gasteiger partial charge >= 0.3 is 0 Å².